The van der Waals surface area contributed by atoms with Gasteiger partial charge in [-0.3, -0.25) is 10.1 Å². The van der Waals surface area contributed by atoms with E-state index in [-0.39, 0.29) is 28.7 Å². The average Bonchev–Trinajstić information content (AvgIpc) is 3.10. The number of carbonyl (C=O) groups excluding carboxylic acids is 2. The monoisotopic (exact) mass is 408 g/mol. The quantitative estimate of drug-likeness (QED) is 0.700. The van der Waals surface area contributed by atoms with Gasteiger partial charge in [-0.2, -0.15) is 0 Å². The Balaban J connectivity index is 1.47. The summed E-state index contributed by atoms with van der Waals surface area (Å²) in [6.45, 7) is 6.15. The molecule has 0 aliphatic carbocycles. The van der Waals surface area contributed by atoms with Gasteiger partial charge in [-0.25, -0.2) is 9.18 Å². The van der Waals surface area contributed by atoms with E-state index in [4.69, 9.17) is 0 Å². The molecule has 3 amide bonds. The van der Waals surface area contributed by atoms with Crippen LogP contribution in [0, 0.1) is 11.7 Å². The van der Waals surface area contributed by atoms with Crippen LogP contribution in [0.15, 0.2) is 24.3 Å². The molecule has 3 N–H and O–H groups in total. The van der Waals surface area contributed by atoms with Gasteiger partial charge in [0.2, 0.25) is 5.91 Å². The Labute approximate surface area is 170 Å². The van der Waals surface area contributed by atoms with Gasteiger partial charge < -0.3 is 15.5 Å². The number of urea groups is 1. The standard InChI is InChI=1S/C20H29FN4O2S/c1-3-14(2)12-22-18(26)17-13-28-20(24-17)7-9-25(10-8-20)19(27)23-16-6-4-5-15(21)11-16/h4-6,11,14,17,24H,3,7-10,12-13H2,1-2H3,(H,22,26)(H,23,27). The highest BCUT2D eigenvalue weighted by atomic mass is 32.2. The second-order valence-corrected chi connectivity index (χ2v) is 9.09. The van der Waals surface area contributed by atoms with E-state index in [0.29, 0.717) is 31.2 Å². The largest absolute Gasteiger partial charge is 0.354 e. The minimum absolute atomic E-state index is 0.0657. The molecule has 0 saturated carbocycles. The number of hydrogen-bond acceptors (Lipinski definition) is 4. The van der Waals surface area contributed by atoms with Gasteiger partial charge in [0.1, 0.15) is 5.82 Å². The number of hydrogen-bond donors (Lipinski definition) is 3. The molecule has 2 fully saturated rings. The van der Waals surface area contributed by atoms with Crippen LogP contribution in [-0.4, -0.2) is 53.1 Å². The predicted octanol–water partition coefficient (Wildman–Crippen LogP) is 3.02. The van der Waals surface area contributed by atoms with E-state index < -0.39 is 0 Å². The first kappa shape index (κ1) is 20.9. The molecule has 0 bridgehead atoms. The van der Waals surface area contributed by atoms with Gasteiger partial charge in [-0.1, -0.05) is 26.3 Å². The molecule has 2 aliphatic heterocycles. The third-order valence-corrected chi connectivity index (χ3v) is 7.11. The van der Waals surface area contributed by atoms with E-state index in [9.17, 15) is 14.0 Å². The maximum absolute atomic E-state index is 13.3. The van der Waals surface area contributed by atoms with Crippen molar-refractivity contribution < 1.29 is 14.0 Å². The van der Waals surface area contributed by atoms with Gasteiger partial charge in [0.25, 0.3) is 0 Å². The van der Waals surface area contributed by atoms with Crippen molar-refractivity contribution in [2.45, 2.75) is 44.0 Å². The third-order valence-electron chi connectivity index (χ3n) is 5.54. The molecule has 3 rings (SSSR count). The number of rotatable bonds is 5. The van der Waals surface area contributed by atoms with Gasteiger partial charge in [-0.15, -0.1) is 11.8 Å². The van der Waals surface area contributed by atoms with Crippen molar-refractivity contribution >= 4 is 29.4 Å². The number of likely N-dealkylation sites (tertiary alicyclic amines) is 1. The number of anilines is 1. The molecule has 1 spiro atoms. The van der Waals surface area contributed by atoms with Crippen molar-refractivity contribution in [2.24, 2.45) is 5.92 Å². The van der Waals surface area contributed by atoms with Crippen molar-refractivity contribution in [1.82, 2.24) is 15.5 Å². The first-order valence-corrected chi connectivity index (χ1v) is 10.9. The highest BCUT2D eigenvalue weighted by Gasteiger charge is 2.44. The highest BCUT2D eigenvalue weighted by Crippen LogP contribution is 2.39. The minimum atomic E-state index is -0.375. The zero-order chi connectivity index (χ0) is 20.1. The maximum atomic E-state index is 13.3. The Morgan fingerprint density at radius 3 is 2.82 bits per heavy atom. The first-order valence-electron chi connectivity index (χ1n) is 9.91. The molecule has 2 aliphatic rings. The molecule has 28 heavy (non-hydrogen) atoms. The number of amides is 3. The van der Waals surface area contributed by atoms with Gasteiger partial charge in [-0.05, 0) is 37.0 Å². The molecule has 154 valence electrons. The fourth-order valence-electron chi connectivity index (χ4n) is 3.46. The number of benzene rings is 1. The van der Waals surface area contributed by atoms with E-state index in [1.54, 1.807) is 28.8 Å². The summed E-state index contributed by atoms with van der Waals surface area (Å²) in [7, 11) is 0. The Morgan fingerprint density at radius 2 is 2.14 bits per heavy atom. The summed E-state index contributed by atoms with van der Waals surface area (Å²) in [5.74, 6) is 0.921. The molecule has 1 aromatic rings. The highest BCUT2D eigenvalue weighted by molar-refractivity contribution is 8.01. The van der Waals surface area contributed by atoms with Crippen LogP contribution in [0.5, 0.6) is 0 Å². The van der Waals surface area contributed by atoms with Crippen LogP contribution in [0.1, 0.15) is 33.1 Å². The summed E-state index contributed by atoms with van der Waals surface area (Å²) in [6.07, 6.45) is 2.61. The van der Waals surface area contributed by atoms with E-state index in [2.05, 4.69) is 29.8 Å². The van der Waals surface area contributed by atoms with Crippen molar-refractivity contribution in [3.8, 4) is 0 Å². The number of nitrogens with one attached hydrogen (secondary N) is 3. The average molecular weight is 409 g/mol. The zero-order valence-corrected chi connectivity index (χ0v) is 17.3. The molecule has 6 nitrogen and oxygen atoms in total. The van der Waals surface area contributed by atoms with Gasteiger partial charge in [0.05, 0.1) is 10.9 Å². The van der Waals surface area contributed by atoms with Crippen LogP contribution in [0.25, 0.3) is 0 Å². The maximum Gasteiger partial charge on any atom is 0.321 e. The van der Waals surface area contributed by atoms with Crippen LogP contribution in [0.3, 0.4) is 0 Å². The third kappa shape index (κ3) is 5.17. The second-order valence-electron chi connectivity index (χ2n) is 7.69. The van der Waals surface area contributed by atoms with E-state index >= 15 is 0 Å². The van der Waals surface area contributed by atoms with Gasteiger partial charge in [0, 0.05) is 31.1 Å². The fraction of sp³-hybridized carbons (Fsp3) is 0.600. The second kappa shape index (κ2) is 9.13. The SMILES string of the molecule is CCC(C)CNC(=O)C1CSC2(CCN(C(=O)Nc3cccc(F)c3)CC2)N1. The molecular weight excluding hydrogens is 379 g/mol. The predicted molar refractivity (Wildman–Crippen MR) is 111 cm³/mol. The molecule has 2 unspecified atom stereocenters. The van der Waals surface area contributed by atoms with E-state index in [0.717, 1.165) is 25.0 Å². The molecule has 0 radical (unpaired) electrons. The lowest BCUT2D eigenvalue weighted by atomic mass is 10.0. The van der Waals surface area contributed by atoms with Crippen LogP contribution >= 0.6 is 11.8 Å². The summed E-state index contributed by atoms with van der Waals surface area (Å²) < 4.78 is 13.3. The Morgan fingerprint density at radius 1 is 1.39 bits per heavy atom. The van der Waals surface area contributed by atoms with Crippen LogP contribution in [0.2, 0.25) is 0 Å². The summed E-state index contributed by atoms with van der Waals surface area (Å²) in [4.78, 5) is 26.4. The Bertz CT molecular complexity index is 709. The zero-order valence-electron chi connectivity index (χ0n) is 16.5. The molecule has 8 heteroatoms. The Kier molecular flexibility index (Phi) is 6.82. The summed E-state index contributed by atoms with van der Waals surface area (Å²) >= 11 is 1.78. The summed E-state index contributed by atoms with van der Waals surface area (Å²) in [5, 5.41) is 9.29. The van der Waals surface area contributed by atoms with E-state index in [1.165, 1.54) is 12.1 Å². The molecule has 1 aromatic carbocycles. The lowest BCUT2D eigenvalue weighted by Gasteiger charge is -2.39. The van der Waals surface area contributed by atoms with E-state index in [1.807, 2.05) is 0 Å². The van der Waals surface area contributed by atoms with Gasteiger partial charge in [0.15, 0.2) is 0 Å². The van der Waals surface area contributed by atoms with Crippen molar-refractivity contribution in [2.75, 3.05) is 30.7 Å². The smallest absolute Gasteiger partial charge is 0.321 e. The number of halogens is 1. The summed E-state index contributed by atoms with van der Waals surface area (Å²) in [6, 6.07) is 5.50. The number of nitrogens with zero attached hydrogens (tertiary/aromatic N) is 1. The first-order chi connectivity index (χ1) is 13.4. The fourth-order valence-corrected chi connectivity index (χ4v) is 4.87. The normalized spacial score (nSPS) is 22.1. The lowest BCUT2D eigenvalue weighted by Crippen LogP contribution is -2.55. The Hall–Kier alpha value is -1.80. The summed E-state index contributed by atoms with van der Waals surface area (Å²) in [5.41, 5.74) is 0.455. The van der Waals surface area contributed by atoms with Crippen LogP contribution in [-0.2, 0) is 4.79 Å². The number of thioether (sulfide) groups is 1. The molecular formula is C20H29FN4O2S. The van der Waals surface area contributed by atoms with Crippen LogP contribution in [0.4, 0.5) is 14.9 Å². The number of piperidine rings is 1. The van der Waals surface area contributed by atoms with Crippen molar-refractivity contribution in [3.05, 3.63) is 30.1 Å². The molecule has 0 aromatic heterocycles. The number of carbonyl (C=O) groups is 2. The van der Waals surface area contributed by atoms with Crippen LogP contribution < -0.4 is 16.0 Å². The van der Waals surface area contributed by atoms with Crippen molar-refractivity contribution in [3.63, 3.8) is 0 Å². The molecule has 2 atom stereocenters. The molecule has 2 saturated heterocycles. The molecule has 2 heterocycles. The topological polar surface area (TPSA) is 73.5 Å². The lowest BCUT2D eigenvalue weighted by molar-refractivity contribution is -0.122. The van der Waals surface area contributed by atoms with Crippen molar-refractivity contribution in [1.29, 1.82) is 0 Å². The van der Waals surface area contributed by atoms with Gasteiger partial charge >= 0.3 is 6.03 Å². The minimum Gasteiger partial charge on any atom is -0.354 e.